The Morgan fingerprint density at radius 1 is 1.42 bits per heavy atom. The van der Waals surface area contributed by atoms with Crippen molar-refractivity contribution in [1.29, 1.82) is 0 Å². The summed E-state index contributed by atoms with van der Waals surface area (Å²) in [5.74, 6) is 0.780. The summed E-state index contributed by atoms with van der Waals surface area (Å²) in [4.78, 5) is 12.7. The van der Waals surface area contributed by atoms with Gasteiger partial charge in [0.1, 0.15) is 0 Å². The minimum absolute atomic E-state index is 0.143. The van der Waals surface area contributed by atoms with Gasteiger partial charge in [-0.2, -0.15) is 0 Å². The number of likely N-dealkylation sites (tertiary alicyclic amines) is 1. The number of piperidine rings is 1. The standard InChI is InChI=1S/C14H21N3O2/c1-16-9-6-12(7-10-16)5-8-15-13-3-2-4-14(11-13)17(18)19/h2-4,11-12,15H,5-10H2,1H3. The predicted octanol–water partition coefficient (Wildman–Crippen LogP) is 2.74. The lowest BCUT2D eigenvalue weighted by Crippen LogP contribution is -2.30. The first-order chi connectivity index (χ1) is 9.15. The van der Waals surface area contributed by atoms with Gasteiger partial charge in [-0.3, -0.25) is 10.1 Å². The van der Waals surface area contributed by atoms with Gasteiger partial charge in [0.05, 0.1) is 4.92 Å². The molecule has 5 heteroatoms. The topological polar surface area (TPSA) is 58.4 Å². The molecule has 0 atom stereocenters. The van der Waals surface area contributed by atoms with E-state index in [4.69, 9.17) is 0 Å². The Hall–Kier alpha value is -1.62. The fraction of sp³-hybridized carbons (Fsp3) is 0.571. The molecule has 1 aliphatic rings. The molecule has 2 rings (SSSR count). The second-order valence-electron chi connectivity index (χ2n) is 5.27. The largest absolute Gasteiger partial charge is 0.385 e. The van der Waals surface area contributed by atoms with E-state index in [9.17, 15) is 10.1 Å². The van der Waals surface area contributed by atoms with E-state index in [1.54, 1.807) is 12.1 Å². The Bertz CT molecular complexity index is 428. The Kier molecular flexibility index (Phi) is 4.74. The second kappa shape index (κ2) is 6.52. The highest BCUT2D eigenvalue weighted by Crippen LogP contribution is 2.21. The van der Waals surface area contributed by atoms with Gasteiger partial charge in [0.15, 0.2) is 0 Å². The summed E-state index contributed by atoms with van der Waals surface area (Å²) in [7, 11) is 2.16. The van der Waals surface area contributed by atoms with Crippen LogP contribution in [-0.4, -0.2) is 36.5 Å². The number of rotatable bonds is 5. The van der Waals surface area contributed by atoms with Crippen LogP contribution >= 0.6 is 0 Å². The molecule has 1 aromatic rings. The molecule has 0 aliphatic carbocycles. The minimum Gasteiger partial charge on any atom is -0.385 e. The molecule has 1 aliphatic heterocycles. The third kappa shape index (κ3) is 4.21. The maximum atomic E-state index is 10.7. The van der Waals surface area contributed by atoms with Gasteiger partial charge < -0.3 is 10.2 Å². The second-order valence-corrected chi connectivity index (χ2v) is 5.27. The third-order valence-corrected chi connectivity index (χ3v) is 3.78. The van der Waals surface area contributed by atoms with Gasteiger partial charge in [-0.25, -0.2) is 0 Å². The van der Waals surface area contributed by atoms with Crippen molar-refractivity contribution < 1.29 is 4.92 Å². The molecule has 1 heterocycles. The number of benzene rings is 1. The Morgan fingerprint density at radius 2 is 2.16 bits per heavy atom. The number of anilines is 1. The van der Waals surface area contributed by atoms with Gasteiger partial charge in [0.2, 0.25) is 0 Å². The molecule has 0 saturated carbocycles. The first-order valence-electron chi connectivity index (χ1n) is 6.82. The summed E-state index contributed by atoms with van der Waals surface area (Å²) in [6, 6.07) is 6.70. The van der Waals surface area contributed by atoms with Crippen molar-refractivity contribution in [2.75, 3.05) is 32.0 Å². The Labute approximate surface area is 113 Å². The maximum Gasteiger partial charge on any atom is 0.271 e. The molecule has 0 bridgehead atoms. The molecular formula is C14H21N3O2. The predicted molar refractivity (Wildman–Crippen MR) is 76.4 cm³/mol. The lowest BCUT2D eigenvalue weighted by molar-refractivity contribution is -0.384. The maximum absolute atomic E-state index is 10.7. The smallest absolute Gasteiger partial charge is 0.271 e. The zero-order chi connectivity index (χ0) is 13.7. The summed E-state index contributed by atoms with van der Waals surface area (Å²) in [5, 5.41) is 14.0. The van der Waals surface area contributed by atoms with E-state index in [1.807, 2.05) is 6.07 Å². The SMILES string of the molecule is CN1CCC(CCNc2cccc([N+](=O)[O-])c2)CC1. The van der Waals surface area contributed by atoms with Gasteiger partial charge in [-0.05, 0) is 51.4 Å². The average Bonchev–Trinajstić information content (AvgIpc) is 2.41. The van der Waals surface area contributed by atoms with Gasteiger partial charge >= 0.3 is 0 Å². The van der Waals surface area contributed by atoms with E-state index in [2.05, 4.69) is 17.3 Å². The molecule has 0 radical (unpaired) electrons. The van der Waals surface area contributed by atoms with E-state index < -0.39 is 0 Å². The lowest BCUT2D eigenvalue weighted by atomic mass is 9.94. The molecule has 1 fully saturated rings. The fourth-order valence-electron chi connectivity index (χ4n) is 2.50. The summed E-state index contributed by atoms with van der Waals surface area (Å²) >= 11 is 0. The van der Waals surface area contributed by atoms with Crippen molar-refractivity contribution in [3.63, 3.8) is 0 Å². The van der Waals surface area contributed by atoms with Crippen LogP contribution in [0, 0.1) is 16.0 Å². The quantitative estimate of drug-likeness (QED) is 0.655. The molecule has 0 unspecified atom stereocenters. The summed E-state index contributed by atoms with van der Waals surface area (Å²) in [6.45, 7) is 3.25. The van der Waals surface area contributed by atoms with Crippen LogP contribution in [0.15, 0.2) is 24.3 Å². The lowest BCUT2D eigenvalue weighted by Gasteiger charge is -2.28. The highest BCUT2D eigenvalue weighted by molar-refractivity contribution is 5.50. The zero-order valence-electron chi connectivity index (χ0n) is 11.3. The highest BCUT2D eigenvalue weighted by atomic mass is 16.6. The molecule has 1 N–H and O–H groups in total. The molecule has 104 valence electrons. The number of hydrogen-bond donors (Lipinski definition) is 1. The number of nitrogens with one attached hydrogen (secondary N) is 1. The number of hydrogen-bond acceptors (Lipinski definition) is 4. The van der Waals surface area contributed by atoms with Crippen LogP contribution in [0.3, 0.4) is 0 Å². The molecule has 0 aromatic heterocycles. The van der Waals surface area contributed by atoms with Gasteiger partial charge in [-0.15, -0.1) is 0 Å². The van der Waals surface area contributed by atoms with Crippen molar-refractivity contribution in [2.45, 2.75) is 19.3 Å². The molecule has 1 saturated heterocycles. The van der Waals surface area contributed by atoms with Crippen molar-refractivity contribution in [3.05, 3.63) is 34.4 Å². The summed E-state index contributed by atoms with van der Waals surface area (Å²) < 4.78 is 0. The van der Waals surface area contributed by atoms with Gasteiger partial charge in [0, 0.05) is 24.4 Å². The van der Waals surface area contributed by atoms with Crippen LogP contribution in [-0.2, 0) is 0 Å². The zero-order valence-corrected chi connectivity index (χ0v) is 11.3. The summed E-state index contributed by atoms with van der Waals surface area (Å²) in [6.07, 6.45) is 3.65. The Balaban J connectivity index is 1.76. The molecular weight excluding hydrogens is 242 g/mol. The van der Waals surface area contributed by atoms with Gasteiger partial charge in [-0.1, -0.05) is 6.07 Å². The first kappa shape index (κ1) is 13.8. The van der Waals surface area contributed by atoms with E-state index in [0.717, 1.165) is 24.6 Å². The van der Waals surface area contributed by atoms with Crippen LogP contribution in [0.5, 0.6) is 0 Å². The van der Waals surface area contributed by atoms with Gasteiger partial charge in [0.25, 0.3) is 5.69 Å². The number of nitro benzene ring substituents is 1. The van der Waals surface area contributed by atoms with Crippen molar-refractivity contribution in [1.82, 2.24) is 4.90 Å². The van der Waals surface area contributed by atoms with E-state index in [0.29, 0.717) is 0 Å². The molecule has 1 aromatic carbocycles. The van der Waals surface area contributed by atoms with Crippen LogP contribution in [0.2, 0.25) is 0 Å². The van der Waals surface area contributed by atoms with E-state index in [-0.39, 0.29) is 10.6 Å². The normalized spacial score (nSPS) is 17.3. The molecule has 19 heavy (non-hydrogen) atoms. The average molecular weight is 263 g/mol. The molecule has 0 amide bonds. The molecule has 5 nitrogen and oxygen atoms in total. The molecule has 0 spiro atoms. The number of non-ortho nitro benzene ring substituents is 1. The number of nitrogens with zero attached hydrogens (tertiary/aromatic N) is 2. The van der Waals surface area contributed by atoms with E-state index in [1.165, 1.54) is 32.0 Å². The third-order valence-electron chi connectivity index (χ3n) is 3.78. The van der Waals surface area contributed by atoms with E-state index >= 15 is 0 Å². The summed E-state index contributed by atoms with van der Waals surface area (Å²) in [5.41, 5.74) is 0.978. The van der Waals surface area contributed by atoms with Crippen molar-refractivity contribution in [2.24, 2.45) is 5.92 Å². The number of nitro groups is 1. The monoisotopic (exact) mass is 263 g/mol. The Morgan fingerprint density at radius 3 is 2.84 bits per heavy atom. The van der Waals surface area contributed by atoms with Crippen LogP contribution < -0.4 is 5.32 Å². The van der Waals surface area contributed by atoms with Crippen LogP contribution in [0.4, 0.5) is 11.4 Å². The van der Waals surface area contributed by atoms with Crippen molar-refractivity contribution in [3.8, 4) is 0 Å². The van der Waals surface area contributed by atoms with Crippen LogP contribution in [0.1, 0.15) is 19.3 Å². The first-order valence-corrected chi connectivity index (χ1v) is 6.82. The van der Waals surface area contributed by atoms with Crippen LogP contribution in [0.25, 0.3) is 0 Å². The van der Waals surface area contributed by atoms with Crippen molar-refractivity contribution >= 4 is 11.4 Å². The fourth-order valence-corrected chi connectivity index (χ4v) is 2.50. The highest BCUT2D eigenvalue weighted by Gasteiger charge is 2.16. The minimum atomic E-state index is -0.359.